The lowest BCUT2D eigenvalue weighted by Gasteiger charge is -2.36. The molecular formula is C45H76N8O5. The molecule has 1 aromatic carbocycles. The van der Waals surface area contributed by atoms with E-state index in [4.69, 9.17) is 24.9 Å². The number of anilines is 2. The predicted octanol–water partition coefficient (Wildman–Crippen LogP) is 6.32. The first-order chi connectivity index (χ1) is 28.0. The summed E-state index contributed by atoms with van der Waals surface area (Å²) in [5.41, 5.74) is 15.9. The van der Waals surface area contributed by atoms with Gasteiger partial charge in [-0.25, -0.2) is 5.01 Å². The number of pyridine rings is 1. The molecule has 2 unspecified atom stereocenters. The van der Waals surface area contributed by atoms with E-state index in [0.29, 0.717) is 19.4 Å². The zero-order chi connectivity index (χ0) is 42.7. The molecule has 3 fully saturated rings. The van der Waals surface area contributed by atoms with Crippen LogP contribution in [0, 0.1) is 5.41 Å². The molecule has 326 valence electrons. The van der Waals surface area contributed by atoms with Crippen LogP contribution in [-0.4, -0.2) is 131 Å². The number of nitrogens with two attached hydrogens (primary N) is 1. The Morgan fingerprint density at radius 2 is 1.64 bits per heavy atom. The molecule has 58 heavy (non-hydrogen) atoms. The van der Waals surface area contributed by atoms with Crippen LogP contribution in [0.15, 0.2) is 30.5 Å². The van der Waals surface area contributed by atoms with Gasteiger partial charge < -0.3 is 39.1 Å². The van der Waals surface area contributed by atoms with E-state index in [0.717, 1.165) is 95.5 Å². The summed E-state index contributed by atoms with van der Waals surface area (Å²) in [6, 6.07) is 8.92. The SMILES string of the molecule is CC.CC(N)C=O.CCCN1CCN(c2cnc(C(C)OC)c(-c3c(CC(C)(C)COC=O)c4cc(N5CCOCC5)ccc4n3CC)c2)CC1.CN1CCCCN1. The number of fused-ring (bicyclic) bond motifs is 1. The van der Waals surface area contributed by atoms with Crippen molar-refractivity contribution in [1.82, 2.24) is 24.9 Å². The molecule has 3 saturated heterocycles. The highest BCUT2D eigenvalue weighted by Gasteiger charge is 2.30. The Morgan fingerprint density at radius 1 is 0.966 bits per heavy atom. The molecular weight excluding hydrogens is 733 g/mol. The Bertz CT molecular complexity index is 1640. The van der Waals surface area contributed by atoms with Crippen molar-refractivity contribution < 1.29 is 23.8 Å². The fourth-order valence-electron chi connectivity index (χ4n) is 7.67. The molecule has 2 atom stereocenters. The maximum absolute atomic E-state index is 11.2. The molecule has 13 nitrogen and oxygen atoms in total. The number of nitrogens with one attached hydrogen (secondary N) is 1. The molecule has 0 amide bonds. The molecule has 0 radical (unpaired) electrons. The van der Waals surface area contributed by atoms with Crippen LogP contribution in [0.25, 0.3) is 22.2 Å². The van der Waals surface area contributed by atoms with E-state index in [1.165, 1.54) is 53.7 Å². The van der Waals surface area contributed by atoms with Crippen LogP contribution in [0.1, 0.15) is 92.0 Å². The van der Waals surface area contributed by atoms with Gasteiger partial charge >= 0.3 is 0 Å². The molecule has 3 aliphatic heterocycles. The van der Waals surface area contributed by atoms with Gasteiger partial charge in [0.2, 0.25) is 0 Å². The summed E-state index contributed by atoms with van der Waals surface area (Å²) in [7, 11) is 3.83. The molecule has 0 bridgehead atoms. The number of piperazine rings is 1. The molecule has 0 saturated carbocycles. The molecule has 0 aliphatic carbocycles. The largest absolute Gasteiger partial charge is 0.467 e. The van der Waals surface area contributed by atoms with Crippen LogP contribution in [0.4, 0.5) is 11.4 Å². The zero-order valence-electron chi connectivity index (χ0n) is 37.5. The lowest BCUT2D eigenvalue weighted by Crippen LogP contribution is -2.46. The molecule has 2 aromatic heterocycles. The number of benzene rings is 1. The fraction of sp³-hybridized carbons (Fsp3) is 0.667. The fourth-order valence-corrected chi connectivity index (χ4v) is 7.67. The first-order valence-electron chi connectivity index (χ1n) is 21.7. The van der Waals surface area contributed by atoms with E-state index in [1.807, 2.05) is 20.0 Å². The number of morpholine rings is 1. The smallest absolute Gasteiger partial charge is 0.293 e. The third-order valence-corrected chi connectivity index (χ3v) is 10.7. The van der Waals surface area contributed by atoms with Crippen molar-refractivity contribution >= 4 is 35.0 Å². The molecule has 3 N–H and O–H groups in total. The van der Waals surface area contributed by atoms with Crippen LogP contribution in [-0.2, 0) is 36.8 Å². The topological polar surface area (TPSA) is 131 Å². The number of methoxy groups -OCH3 is 1. The number of rotatable bonds is 14. The summed E-state index contributed by atoms with van der Waals surface area (Å²) >= 11 is 0. The van der Waals surface area contributed by atoms with Gasteiger partial charge in [-0.2, -0.15) is 0 Å². The van der Waals surface area contributed by atoms with Crippen LogP contribution in [0.2, 0.25) is 0 Å². The number of carbonyl (C=O) groups is 2. The minimum absolute atomic E-state index is 0.174. The van der Waals surface area contributed by atoms with Gasteiger partial charge in [-0.1, -0.05) is 34.6 Å². The number of aryl methyl sites for hydroxylation is 1. The van der Waals surface area contributed by atoms with Crippen molar-refractivity contribution in [2.75, 3.05) is 103 Å². The van der Waals surface area contributed by atoms with E-state index in [1.54, 1.807) is 14.0 Å². The number of hydrogen-bond acceptors (Lipinski definition) is 12. The number of carbonyl (C=O) groups excluding carboxylic acids is 2. The quantitative estimate of drug-likeness (QED) is 0.177. The number of nitrogens with zero attached hydrogens (tertiary/aromatic N) is 6. The second-order valence-corrected chi connectivity index (χ2v) is 16.0. The predicted molar refractivity (Wildman–Crippen MR) is 239 cm³/mol. The number of hydrazine groups is 1. The highest BCUT2D eigenvalue weighted by molar-refractivity contribution is 5.95. The normalized spacial score (nSPS) is 17.5. The minimum atomic E-state index is -0.296. The summed E-state index contributed by atoms with van der Waals surface area (Å²) in [6.45, 7) is 29.1. The monoisotopic (exact) mass is 809 g/mol. The highest BCUT2D eigenvalue weighted by Crippen LogP contribution is 2.42. The highest BCUT2D eigenvalue weighted by atomic mass is 16.5. The standard InChI is InChI=1S/C35H51N5O4.C5H12N2.C3H7NO.C2H6/c1-7-11-37-12-14-38(15-13-37)28-21-30(33(36-23-28)26(3)42-6)34-31(22-35(4,5)24-44-25-41)29-20-27(39-16-18-43-19-17-39)9-10-32(29)40(34)8-2;1-7-5-3-2-4-6-7;1-3(4)2-5;1-2/h9-10,20-21,23,25-26H,7-8,11-19,22,24H2,1-6H3;6H,2-5H2,1H3;2-3H,4H2,1H3;1-2H3. The van der Waals surface area contributed by atoms with Gasteiger partial charge in [0.05, 0.1) is 55.2 Å². The van der Waals surface area contributed by atoms with Gasteiger partial charge in [-0.05, 0) is 82.8 Å². The van der Waals surface area contributed by atoms with Crippen LogP contribution >= 0.6 is 0 Å². The maximum Gasteiger partial charge on any atom is 0.293 e. The Labute approximate surface area is 349 Å². The maximum atomic E-state index is 11.2. The average Bonchev–Trinajstić information content (AvgIpc) is 3.55. The molecule has 3 aromatic rings. The summed E-state index contributed by atoms with van der Waals surface area (Å²) < 4.78 is 19.3. The second kappa shape index (κ2) is 25.1. The lowest BCUT2D eigenvalue weighted by atomic mass is 9.84. The van der Waals surface area contributed by atoms with E-state index in [2.05, 4.69) is 95.6 Å². The molecule has 3 aliphatic rings. The average molecular weight is 809 g/mol. The summed E-state index contributed by atoms with van der Waals surface area (Å²) in [4.78, 5) is 33.1. The summed E-state index contributed by atoms with van der Waals surface area (Å²) in [5.74, 6) is 0. The van der Waals surface area contributed by atoms with Gasteiger partial charge in [0, 0.05) is 101 Å². The third kappa shape index (κ3) is 14.0. The van der Waals surface area contributed by atoms with E-state index >= 15 is 0 Å². The van der Waals surface area contributed by atoms with Gasteiger partial charge in [-0.15, -0.1) is 0 Å². The van der Waals surface area contributed by atoms with Gasteiger partial charge in [0.15, 0.2) is 0 Å². The van der Waals surface area contributed by atoms with Crippen LogP contribution in [0.5, 0.6) is 0 Å². The number of ether oxygens (including phenoxy) is 3. The van der Waals surface area contributed by atoms with Crippen molar-refractivity contribution in [3.05, 3.63) is 41.7 Å². The molecule has 5 heterocycles. The van der Waals surface area contributed by atoms with Crippen molar-refractivity contribution in [2.45, 2.75) is 99.8 Å². The van der Waals surface area contributed by atoms with Crippen molar-refractivity contribution in [1.29, 1.82) is 0 Å². The van der Waals surface area contributed by atoms with E-state index < -0.39 is 0 Å². The summed E-state index contributed by atoms with van der Waals surface area (Å²) in [5, 5.41) is 3.38. The Morgan fingerprint density at radius 3 is 2.17 bits per heavy atom. The molecule has 13 heteroatoms. The Hall–Kier alpha value is -3.59. The third-order valence-electron chi connectivity index (χ3n) is 10.7. The van der Waals surface area contributed by atoms with Crippen LogP contribution < -0.4 is 21.0 Å². The van der Waals surface area contributed by atoms with Gasteiger partial charge in [0.1, 0.15) is 6.29 Å². The zero-order valence-corrected chi connectivity index (χ0v) is 37.5. The van der Waals surface area contributed by atoms with Crippen molar-refractivity contribution in [3.63, 3.8) is 0 Å². The number of hydrogen-bond donors (Lipinski definition) is 2. The first-order valence-corrected chi connectivity index (χ1v) is 21.7. The first kappa shape index (κ1) is 48.8. The second-order valence-electron chi connectivity index (χ2n) is 16.0. The van der Waals surface area contributed by atoms with Gasteiger partial charge in [-0.3, -0.25) is 20.1 Å². The lowest BCUT2D eigenvalue weighted by molar-refractivity contribution is -0.131. The Balaban J connectivity index is 0.000000549. The molecule has 0 spiro atoms. The van der Waals surface area contributed by atoms with E-state index in [9.17, 15) is 9.59 Å². The van der Waals surface area contributed by atoms with Gasteiger partial charge in [0.25, 0.3) is 6.47 Å². The number of aromatic nitrogens is 2. The summed E-state index contributed by atoms with van der Waals surface area (Å²) in [6.07, 6.45) is 7.16. The minimum Gasteiger partial charge on any atom is -0.467 e. The van der Waals surface area contributed by atoms with Crippen LogP contribution in [0.3, 0.4) is 0 Å². The molecule has 6 rings (SSSR count). The van der Waals surface area contributed by atoms with E-state index in [-0.39, 0.29) is 17.6 Å². The van der Waals surface area contributed by atoms with Crippen molar-refractivity contribution in [2.24, 2.45) is 11.1 Å². The van der Waals surface area contributed by atoms with Crippen molar-refractivity contribution in [3.8, 4) is 11.3 Å². The Kier molecular flexibility index (Phi) is 21.1. The number of aldehydes is 1.